The third kappa shape index (κ3) is 2.90. The van der Waals surface area contributed by atoms with Gasteiger partial charge in [-0.3, -0.25) is 14.9 Å². The number of carbonyl (C=O) groups is 1. The fourth-order valence-corrected chi connectivity index (χ4v) is 1.55. The van der Waals surface area contributed by atoms with E-state index in [0.29, 0.717) is 15.9 Å². The first-order chi connectivity index (χ1) is 7.84. The Morgan fingerprint density at radius 3 is 2.76 bits per heavy atom. The van der Waals surface area contributed by atoms with Crippen molar-refractivity contribution >= 4 is 33.3 Å². The number of hydrogen-bond donors (Lipinski definition) is 2. The molecule has 0 spiro atoms. The van der Waals surface area contributed by atoms with Crippen molar-refractivity contribution in [3.63, 3.8) is 0 Å². The minimum atomic E-state index is -0.611. The van der Waals surface area contributed by atoms with E-state index in [2.05, 4.69) is 26.2 Å². The molecular weight excluding hydrogens is 292 g/mol. The molecule has 1 aromatic heterocycles. The second-order valence-electron chi connectivity index (χ2n) is 3.46. The number of aromatic nitrogens is 1. The van der Waals surface area contributed by atoms with E-state index in [9.17, 15) is 14.9 Å². The summed E-state index contributed by atoms with van der Waals surface area (Å²) in [6, 6.07) is -0.611. The number of pyridine rings is 1. The molecule has 7 nitrogen and oxygen atoms in total. The second kappa shape index (κ2) is 5.09. The van der Waals surface area contributed by atoms with Crippen molar-refractivity contribution in [1.29, 1.82) is 0 Å². The Labute approximate surface area is 106 Å². The Morgan fingerprint density at radius 1 is 1.71 bits per heavy atom. The highest BCUT2D eigenvalue weighted by Gasteiger charge is 2.19. The van der Waals surface area contributed by atoms with Crippen LogP contribution in [0.4, 0.5) is 11.5 Å². The molecule has 0 aromatic carbocycles. The number of rotatable bonds is 4. The van der Waals surface area contributed by atoms with E-state index in [-0.39, 0.29) is 5.69 Å². The van der Waals surface area contributed by atoms with Crippen LogP contribution in [0, 0.1) is 17.0 Å². The maximum atomic E-state index is 10.9. The van der Waals surface area contributed by atoms with Crippen LogP contribution >= 0.6 is 15.9 Å². The largest absolute Gasteiger partial charge is 0.368 e. The van der Waals surface area contributed by atoms with Crippen LogP contribution in [0.15, 0.2) is 10.7 Å². The maximum absolute atomic E-state index is 10.9. The van der Waals surface area contributed by atoms with E-state index >= 15 is 0 Å². The molecule has 0 bridgehead atoms. The maximum Gasteiger partial charge on any atom is 0.291 e. The minimum absolute atomic E-state index is 0.0887. The smallest absolute Gasteiger partial charge is 0.291 e. The molecule has 92 valence electrons. The number of halogens is 1. The predicted octanol–water partition coefficient (Wildman–Crippen LogP) is 1.35. The highest BCUT2D eigenvalue weighted by molar-refractivity contribution is 9.10. The number of nitrogens with two attached hydrogens (primary N) is 1. The van der Waals surface area contributed by atoms with E-state index in [0.717, 1.165) is 6.20 Å². The topological polar surface area (TPSA) is 111 Å². The van der Waals surface area contributed by atoms with Crippen LogP contribution in [0.25, 0.3) is 0 Å². The van der Waals surface area contributed by atoms with Crippen LogP contribution in [-0.4, -0.2) is 21.9 Å². The van der Waals surface area contributed by atoms with Gasteiger partial charge in [0, 0.05) is 5.56 Å². The first kappa shape index (κ1) is 13.4. The van der Waals surface area contributed by atoms with Gasteiger partial charge in [0.1, 0.15) is 18.1 Å². The van der Waals surface area contributed by atoms with Crippen molar-refractivity contribution in [1.82, 2.24) is 4.98 Å². The summed E-state index contributed by atoms with van der Waals surface area (Å²) >= 11 is 3.20. The number of nitrogens with zero attached hydrogens (tertiary/aromatic N) is 2. The van der Waals surface area contributed by atoms with E-state index in [1.165, 1.54) is 0 Å². The number of primary amides is 1. The average molecular weight is 303 g/mol. The Hall–Kier alpha value is -1.70. The first-order valence-corrected chi connectivity index (χ1v) is 5.49. The van der Waals surface area contributed by atoms with Crippen LogP contribution < -0.4 is 11.1 Å². The monoisotopic (exact) mass is 302 g/mol. The summed E-state index contributed by atoms with van der Waals surface area (Å²) < 4.78 is 0.444. The number of carbonyl (C=O) groups excluding carboxylic acids is 1. The molecule has 0 aliphatic carbocycles. The molecule has 0 aliphatic heterocycles. The van der Waals surface area contributed by atoms with Gasteiger partial charge in [0.25, 0.3) is 5.69 Å². The Bertz CT molecular complexity index is 478. The number of nitro groups is 1. The molecule has 0 saturated carbocycles. The molecule has 0 fully saturated rings. The Kier molecular flexibility index (Phi) is 4.00. The molecule has 1 heterocycles. The molecule has 1 atom stereocenters. The third-order valence-electron chi connectivity index (χ3n) is 2.21. The van der Waals surface area contributed by atoms with Crippen molar-refractivity contribution in [2.24, 2.45) is 5.73 Å². The van der Waals surface area contributed by atoms with Crippen LogP contribution in [0.2, 0.25) is 0 Å². The van der Waals surface area contributed by atoms with Gasteiger partial charge in [-0.1, -0.05) is 0 Å². The van der Waals surface area contributed by atoms with Gasteiger partial charge in [-0.2, -0.15) is 0 Å². The standard InChI is InChI=1S/C9H11BrN4O3/c1-4-6(14(16)17)3-12-9(7(4)10)13-5(2)8(11)15/h3,5H,1-2H3,(H2,11,15)(H,12,13). The van der Waals surface area contributed by atoms with Crippen LogP contribution in [0.3, 0.4) is 0 Å². The Morgan fingerprint density at radius 2 is 2.29 bits per heavy atom. The molecule has 1 aromatic rings. The zero-order valence-electron chi connectivity index (χ0n) is 9.23. The summed E-state index contributed by atoms with van der Waals surface area (Å²) in [4.78, 5) is 24.9. The zero-order chi connectivity index (χ0) is 13.2. The van der Waals surface area contributed by atoms with E-state index in [4.69, 9.17) is 5.73 Å². The van der Waals surface area contributed by atoms with Crippen molar-refractivity contribution in [3.8, 4) is 0 Å². The number of hydrogen-bond acceptors (Lipinski definition) is 5. The molecule has 17 heavy (non-hydrogen) atoms. The second-order valence-corrected chi connectivity index (χ2v) is 4.25. The van der Waals surface area contributed by atoms with Crippen molar-refractivity contribution < 1.29 is 9.72 Å². The van der Waals surface area contributed by atoms with Crippen molar-refractivity contribution in [2.75, 3.05) is 5.32 Å². The van der Waals surface area contributed by atoms with Gasteiger partial charge >= 0.3 is 0 Å². The lowest BCUT2D eigenvalue weighted by molar-refractivity contribution is -0.385. The third-order valence-corrected chi connectivity index (χ3v) is 3.18. The highest BCUT2D eigenvalue weighted by Crippen LogP contribution is 2.30. The van der Waals surface area contributed by atoms with E-state index < -0.39 is 16.9 Å². The SMILES string of the molecule is Cc1c([N+](=O)[O-])cnc(NC(C)C(N)=O)c1Br. The zero-order valence-corrected chi connectivity index (χ0v) is 10.8. The summed E-state index contributed by atoms with van der Waals surface area (Å²) in [5, 5.41) is 13.4. The van der Waals surface area contributed by atoms with Crippen LogP contribution in [-0.2, 0) is 4.79 Å². The molecule has 1 amide bonds. The predicted molar refractivity (Wildman–Crippen MR) is 65.6 cm³/mol. The minimum Gasteiger partial charge on any atom is -0.368 e. The fraction of sp³-hybridized carbons (Fsp3) is 0.333. The van der Waals surface area contributed by atoms with Gasteiger partial charge in [0.2, 0.25) is 5.91 Å². The summed E-state index contributed by atoms with van der Waals surface area (Å²) in [7, 11) is 0. The highest BCUT2D eigenvalue weighted by atomic mass is 79.9. The molecule has 0 saturated heterocycles. The van der Waals surface area contributed by atoms with Gasteiger partial charge in [0.15, 0.2) is 0 Å². The molecule has 0 aliphatic rings. The van der Waals surface area contributed by atoms with E-state index in [1.54, 1.807) is 13.8 Å². The summed E-state index contributed by atoms with van der Waals surface area (Å²) in [6.45, 7) is 3.16. The normalized spacial score (nSPS) is 11.9. The Balaban J connectivity index is 3.09. The van der Waals surface area contributed by atoms with Crippen molar-refractivity contribution in [3.05, 3.63) is 26.3 Å². The molecule has 1 rings (SSSR count). The average Bonchev–Trinajstić information content (AvgIpc) is 2.24. The van der Waals surface area contributed by atoms with E-state index in [1.807, 2.05) is 0 Å². The van der Waals surface area contributed by atoms with Gasteiger partial charge in [-0.15, -0.1) is 0 Å². The fourth-order valence-electron chi connectivity index (χ4n) is 1.13. The summed E-state index contributed by atoms with van der Waals surface area (Å²) in [5.74, 6) is -0.186. The van der Waals surface area contributed by atoms with Crippen LogP contribution in [0.5, 0.6) is 0 Å². The van der Waals surface area contributed by atoms with Gasteiger partial charge in [-0.25, -0.2) is 4.98 Å². The molecule has 1 unspecified atom stereocenters. The lowest BCUT2D eigenvalue weighted by Gasteiger charge is -2.13. The number of nitrogens with one attached hydrogen (secondary N) is 1. The van der Waals surface area contributed by atoms with Gasteiger partial charge in [-0.05, 0) is 29.8 Å². The van der Waals surface area contributed by atoms with Crippen LogP contribution in [0.1, 0.15) is 12.5 Å². The molecule has 8 heteroatoms. The summed E-state index contributed by atoms with van der Waals surface area (Å²) in [5.41, 5.74) is 5.44. The van der Waals surface area contributed by atoms with Gasteiger partial charge in [0.05, 0.1) is 9.40 Å². The quantitative estimate of drug-likeness (QED) is 0.644. The lowest BCUT2D eigenvalue weighted by Crippen LogP contribution is -2.32. The van der Waals surface area contributed by atoms with Crippen molar-refractivity contribution in [2.45, 2.75) is 19.9 Å². The van der Waals surface area contributed by atoms with Gasteiger partial charge < -0.3 is 11.1 Å². The first-order valence-electron chi connectivity index (χ1n) is 4.70. The summed E-state index contributed by atoms with van der Waals surface area (Å²) in [6.07, 6.45) is 1.14. The molecule has 0 radical (unpaired) electrons. The number of amides is 1. The molecule has 3 N–H and O–H groups in total. The molecular formula is C9H11BrN4O3. The lowest BCUT2D eigenvalue weighted by atomic mass is 10.2. The number of anilines is 1.